The van der Waals surface area contributed by atoms with E-state index in [2.05, 4.69) is 0 Å². The van der Waals surface area contributed by atoms with Crippen LogP contribution in [0.4, 0.5) is 15.3 Å². The monoisotopic (exact) mass is 419 g/mol. The summed E-state index contributed by atoms with van der Waals surface area (Å²) in [7, 11) is 0. The van der Waals surface area contributed by atoms with Crippen LogP contribution in [0, 0.1) is 13.8 Å². The summed E-state index contributed by atoms with van der Waals surface area (Å²) in [6.45, 7) is 6.82. The first-order valence-corrected chi connectivity index (χ1v) is 9.38. The van der Waals surface area contributed by atoms with Crippen molar-refractivity contribution in [1.29, 1.82) is 0 Å². The minimum absolute atomic E-state index is 0.0432. The standard InChI is InChI=1S/C21H22ClNO6/c1-5-27-20(25)23(21(26)28-6-2)17-11-13(3)10-14(4)18(17)29-19(24)15-8-7-9-16(22)12-15/h7-12H,5-6H2,1-4H3. The van der Waals surface area contributed by atoms with Gasteiger partial charge in [-0.15, -0.1) is 0 Å². The molecule has 29 heavy (non-hydrogen) atoms. The third-order valence-electron chi connectivity index (χ3n) is 3.80. The van der Waals surface area contributed by atoms with E-state index in [4.69, 9.17) is 25.8 Å². The number of rotatable bonds is 5. The van der Waals surface area contributed by atoms with Crippen molar-refractivity contribution in [2.75, 3.05) is 18.1 Å². The summed E-state index contributed by atoms with van der Waals surface area (Å²) >= 11 is 5.94. The van der Waals surface area contributed by atoms with Gasteiger partial charge in [-0.05, 0) is 63.1 Å². The Kier molecular flexibility index (Phi) is 7.61. The van der Waals surface area contributed by atoms with Crippen molar-refractivity contribution in [3.8, 4) is 5.75 Å². The van der Waals surface area contributed by atoms with Crippen LogP contribution in [0.5, 0.6) is 5.75 Å². The van der Waals surface area contributed by atoms with E-state index < -0.39 is 18.2 Å². The molecule has 0 unspecified atom stereocenters. The van der Waals surface area contributed by atoms with Gasteiger partial charge in [0.25, 0.3) is 0 Å². The van der Waals surface area contributed by atoms with Crippen LogP contribution in [0.1, 0.15) is 35.3 Å². The maximum absolute atomic E-state index is 12.6. The summed E-state index contributed by atoms with van der Waals surface area (Å²) in [5, 5.41) is 0.375. The van der Waals surface area contributed by atoms with E-state index >= 15 is 0 Å². The quantitative estimate of drug-likeness (QED) is 0.483. The molecule has 0 aliphatic rings. The minimum atomic E-state index is -0.934. The molecule has 2 aromatic rings. The smallest absolute Gasteiger partial charge is 0.424 e. The Balaban J connectivity index is 2.53. The van der Waals surface area contributed by atoms with Crippen molar-refractivity contribution in [1.82, 2.24) is 0 Å². The molecule has 0 radical (unpaired) electrons. The van der Waals surface area contributed by atoms with E-state index in [1.807, 2.05) is 0 Å². The highest BCUT2D eigenvalue weighted by molar-refractivity contribution is 6.30. The van der Waals surface area contributed by atoms with Crippen LogP contribution in [0.25, 0.3) is 0 Å². The van der Waals surface area contributed by atoms with Gasteiger partial charge < -0.3 is 14.2 Å². The maximum atomic E-state index is 12.6. The summed E-state index contributed by atoms with van der Waals surface area (Å²) in [5.41, 5.74) is 1.57. The average Bonchev–Trinajstić information content (AvgIpc) is 2.65. The van der Waals surface area contributed by atoms with E-state index in [0.29, 0.717) is 15.5 Å². The zero-order chi connectivity index (χ0) is 21.6. The number of nitrogens with zero attached hydrogens (tertiary/aromatic N) is 1. The van der Waals surface area contributed by atoms with Crippen molar-refractivity contribution in [3.63, 3.8) is 0 Å². The van der Waals surface area contributed by atoms with Gasteiger partial charge in [0.05, 0.1) is 18.8 Å². The number of carbonyl (C=O) groups excluding carboxylic acids is 3. The molecule has 2 rings (SSSR count). The molecule has 154 valence electrons. The molecule has 0 aliphatic carbocycles. The summed E-state index contributed by atoms with van der Waals surface area (Å²) < 4.78 is 15.5. The van der Waals surface area contributed by atoms with Crippen LogP contribution in [-0.2, 0) is 9.47 Å². The fourth-order valence-electron chi connectivity index (χ4n) is 2.65. The molecule has 2 amide bonds. The number of imide groups is 1. The molecule has 8 heteroatoms. The van der Waals surface area contributed by atoms with Gasteiger partial charge in [-0.25, -0.2) is 14.4 Å². The fourth-order valence-corrected chi connectivity index (χ4v) is 2.84. The summed E-state index contributed by atoms with van der Waals surface area (Å²) in [6.07, 6.45) is -1.87. The molecule has 0 saturated heterocycles. The molecule has 2 aromatic carbocycles. The number of halogens is 1. The lowest BCUT2D eigenvalue weighted by molar-refractivity contribution is 0.0732. The lowest BCUT2D eigenvalue weighted by Gasteiger charge is -2.23. The Labute approximate surface area is 174 Å². The third-order valence-corrected chi connectivity index (χ3v) is 4.03. The Morgan fingerprint density at radius 3 is 2.14 bits per heavy atom. The first kappa shape index (κ1) is 22.2. The molecule has 0 bridgehead atoms. The second kappa shape index (κ2) is 9.93. The number of carbonyl (C=O) groups is 3. The van der Waals surface area contributed by atoms with Gasteiger partial charge in [-0.1, -0.05) is 23.7 Å². The topological polar surface area (TPSA) is 82.1 Å². The van der Waals surface area contributed by atoms with Crippen LogP contribution in [-0.4, -0.2) is 31.4 Å². The van der Waals surface area contributed by atoms with E-state index in [9.17, 15) is 14.4 Å². The second-order valence-electron chi connectivity index (χ2n) is 6.06. The van der Waals surface area contributed by atoms with Crippen LogP contribution in [0.3, 0.4) is 0 Å². The Morgan fingerprint density at radius 2 is 1.59 bits per heavy atom. The minimum Gasteiger partial charge on any atom is -0.449 e. The zero-order valence-corrected chi connectivity index (χ0v) is 17.4. The predicted octanol–water partition coefficient (Wildman–Crippen LogP) is 5.30. The number of hydrogen-bond acceptors (Lipinski definition) is 6. The lowest BCUT2D eigenvalue weighted by Crippen LogP contribution is -2.38. The van der Waals surface area contributed by atoms with Gasteiger partial charge in [0.15, 0.2) is 5.75 Å². The molecule has 0 atom stereocenters. The maximum Gasteiger partial charge on any atom is 0.424 e. The molecule has 0 fully saturated rings. The number of ether oxygens (including phenoxy) is 3. The number of amides is 2. The summed E-state index contributed by atoms with van der Waals surface area (Å²) in [6, 6.07) is 9.56. The molecule has 0 saturated carbocycles. The van der Waals surface area contributed by atoms with Gasteiger partial charge >= 0.3 is 18.2 Å². The largest absolute Gasteiger partial charge is 0.449 e. The SMILES string of the molecule is CCOC(=O)N(C(=O)OCC)c1cc(C)cc(C)c1OC(=O)c1cccc(Cl)c1. The number of esters is 1. The lowest BCUT2D eigenvalue weighted by atomic mass is 10.1. The van der Waals surface area contributed by atoms with E-state index in [1.54, 1.807) is 58.0 Å². The number of hydrogen-bond donors (Lipinski definition) is 0. The highest BCUT2D eigenvalue weighted by Crippen LogP contribution is 2.35. The molecule has 0 aliphatic heterocycles. The molecule has 0 spiro atoms. The first-order chi connectivity index (χ1) is 13.8. The van der Waals surface area contributed by atoms with Gasteiger partial charge in [0, 0.05) is 5.02 Å². The molecule has 0 aromatic heterocycles. The van der Waals surface area contributed by atoms with Crippen LogP contribution in [0.15, 0.2) is 36.4 Å². The van der Waals surface area contributed by atoms with E-state index in [1.165, 1.54) is 6.07 Å². The fraction of sp³-hybridized carbons (Fsp3) is 0.286. The van der Waals surface area contributed by atoms with Gasteiger partial charge in [0.2, 0.25) is 0 Å². The second-order valence-corrected chi connectivity index (χ2v) is 6.50. The Morgan fingerprint density at radius 1 is 0.966 bits per heavy atom. The average molecular weight is 420 g/mol. The van der Waals surface area contributed by atoms with Crippen LogP contribution in [0.2, 0.25) is 5.02 Å². The Hall–Kier alpha value is -3.06. The first-order valence-electron chi connectivity index (χ1n) is 9.01. The van der Waals surface area contributed by atoms with Crippen molar-refractivity contribution >= 4 is 35.4 Å². The van der Waals surface area contributed by atoms with Crippen LogP contribution >= 0.6 is 11.6 Å². The number of anilines is 1. The zero-order valence-electron chi connectivity index (χ0n) is 16.7. The molecule has 0 N–H and O–H groups in total. The van der Waals surface area contributed by atoms with Crippen molar-refractivity contribution in [3.05, 3.63) is 58.1 Å². The molecule has 7 nitrogen and oxygen atoms in total. The highest BCUT2D eigenvalue weighted by Gasteiger charge is 2.31. The normalized spacial score (nSPS) is 10.2. The summed E-state index contributed by atoms with van der Waals surface area (Å²) in [5.74, 6) is -0.643. The van der Waals surface area contributed by atoms with E-state index in [0.717, 1.165) is 5.56 Å². The van der Waals surface area contributed by atoms with Gasteiger partial charge in [-0.2, -0.15) is 4.90 Å². The molecular weight excluding hydrogens is 398 g/mol. The van der Waals surface area contributed by atoms with Crippen LogP contribution < -0.4 is 9.64 Å². The van der Waals surface area contributed by atoms with Gasteiger partial charge in [-0.3, -0.25) is 0 Å². The summed E-state index contributed by atoms with van der Waals surface area (Å²) in [4.78, 5) is 38.3. The van der Waals surface area contributed by atoms with Crippen molar-refractivity contribution in [2.24, 2.45) is 0 Å². The molecular formula is C21H22ClNO6. The number of benzene rings is 2. The van der Waals surface area contributed by atoms with Crippen molar-refractivity contribution < 1.29 is 28.6 Å². The van der Waals surface area contributed by atoms with Crippen molar-refractivity contribution in [2.45, 2.75) is 27.7 Å². The highest BCUT2D eigenvalue weighted by atomic mass is 35.5. The third kappa shape index (κ3) is 5.48. The molecule has 0 heterocycles. The predicted molar refractivity (Wildman–Crippen MR) is 109 cm³/mol. The number of aryl methyl sites for hydroxylation is 2. The van der Waals surface area contributed by atoms with Gasteiger partial charge in [0.1, 0.15) is 5.69 Å². The Bertz CT molecular complexity index is 909. The van der Waals surface area contributed by atoms with E-state index in [-0.39, 0.29) is 30.2 Å².